The van der Waals surface area contributed by atoms with Gasteiger partial charge in [-0.2, -0.15) is 0 Å². The summed E-state index contributed by atoms with van der Waals surface area (Å²) in [5.41, 5.74) is 11.4. The van der Waals surface area contributed by atoms with Crippen LogP contribution in [0.2, 0.25) is 0 Å². The molecule has 1 aliphatic rings. The lowest BCUT2D eigenvalue weighted by Gasteiger charge is -2.34. The van der Waals surface area contributed by atoms with E-state index in [1.54, 1.807) is 0 Å². The molecule has 1 unspecified atom stereocenters. The first-order valence-corrected chi connectivity index (χ1v) is 13.6. The highest BCUT2D eigenvalue weighted by Gasteiger charge is 2.31. The number of pyridine rings is 1. The summed E-state index contributed by atoms with van der Waals surface area (Å²) < 4.78 is 5.03. The fraction of sp³-hybridized carbons (Fsp3) is 0.321. The number of rotatable bonds is 4. The Balaban J connectivity index is 1.48. The van der Waals surface area contributed by atoms with Gasteiger partial charge in [0.1, 0.15) is 20.3 Å². The van der Waals surface area contributed by atoms with Crippen LogP contribution in [0.5, 0.6) is 0 Å². The van der Waals surface area contributed by atoms with Crippen molar-refractivity contribution in [2.24, 2.45) is 11.3 Å². The number of ether oxygens (including phenoxy) is 1. The monoisotopic (exact) mass is 519 g/mol. The molecule has 3 heterocycles. The molecule has 0 bridgehead atoms. The molecule has 186 valence electrons. The number of nitrogen functional groups attached to an aromatic ring is 1. The molecule has 4 aromatic rings. The lowest BCUT2D eigenvalue weighted by molar-refractivity contribution is 0.0603. The van der Waals surface area contributed by atoms with Crippen LogP contribution >= 0.6 is 22.7 Å². The van der Waals surface area contributed by atoms with Crippen molar-refractivity contribution in [3.05, 3.63) is 63.5 Å². The van der Waals surface area contributed by atoms with Crippen molar-refractivity contribution in [1.29, 1.82) is 0 Å². The number of hydrogen-bond acceptors (Lipinski definition) is 7. The molecule has 1 aliphatic carbocycles. The molecule has 6 nitrogen and oxygen atoms in total. The number of aromatic nitrogens is 1. The lowest BCUT2D eigenvalue weighted by atomic mass is 9.71. The molecule has 3 aromatic heterocycles. The van der Waals surface area contributed by atoms with E-state index in [1.165, 1.54) is 35.3 Å². The number of thiophene rings is 2. The standard InChI is InChI=1S/C28H29N3O3S2/c1-28(2,3)17-10-11-20-16(12-17)13-18-22(29)23(36-25(18)30-20)24(32)31-26-21(27(33)34-4)19(14-35-26)15-8-6-5-7-9-15/h5-9,13-14,17H,10-12,29H2,1-4H3,(H,31,32). The second-order valence-electron chi connectivity index (χ2n) is 10.3. The summed E-state index contributed by atoms with van der Waals surface area (Å²) in [6.45, 7) is 6.85. The van der Waals surface area contributed by atoms with E-state index in [1.807, 2.05) is 35.7 Å². The molecular weight excluding hydrogens is 490 g/mol. The minimum atomic E-state index is -0.502. The van der Waals surface area contributed by atoms with Crippen LogP contribution in [0, 0.1) is 11.3 Å². The second kappa shape index (κ2) is 9.33. The predicted octanol–water partition coefficient (Wildman–Crippen LogP) is 6.80. The van der Waals surface area contributed by atoms with Crippen LogP contribution in [-0.4, -0.2) is 24.0 Å². The van der Waals surface area contributed by atoms with Gasteiger partial charge in [0.2, 0.25) is 0 Å². The Bertz CT molecular complexity index is 1460. The zero-order valence-electron chi connectivity index (χ0n) is 20.8. The molecule has 8 heteroatoms. The molecule has 0 spiro atoms. The van der Waals surface area contributed by atoms with E-state index in [0.29, 0.717) is 27.0 Å². The highest BCUT2D eigenvalue weighted by molar-refractivity contribution is 7.21. The van der Waals surface area contributed by atoms with Crippen LogP contribution in [0.3, 0.4) is 0 Å². The molecular formula is C28H29N3O3S2. The summed E-state index contributed by atoms with van der Waals surface area (Å²) in [6, 6.07) is 11.7. The Labute approximate surface area is 218 Å². The van der Waals surface area contributed by atoms with Crippen molar-refractivity contribution < 1.29 is 14.3 Å². The molecule has 1 amide bonds. The third-order valence-electron chi connectivity index (χ3n) is 7.01. The van der Waals surface area contributed by atoms with Crippen molar-refractivity contribution in [3.8, 4) is 11.1 Å². The van der Waals surface area contributed by atoms with Crippen molar-refractivity contribution in [3.63, 3.8) is 0 Å². The van der Waals surface area contributed by atoms with E-state index < -0.39 is 5.97 Å². The number of nitrogens with zero attached hydrogens (tertiary/aromatic N) is 1. The van der Waals surface area contributed by atoms with Gasteiger partial charge in [0.05, 0.1) is 12.8 Å². The zero-order chi connectivity index (χ0) is 25.6. The Morgan fingerprint density at radius 3 is 2.64 bits per heavy atom. The SMILES string of the molecule is COC(=O)c1c(-c2ccccc2)csc1NC(=O)c1sc2nc3c(cc2c1N)CC(C(C)(C)C)CC3. The minimum absolute atomic E-state index is 0.231. The van der Waals surface area contributed by atoms with Crippen LogP contribution in [0.15, 0.2) is 41.8 Å². The number of esters is 1. The number of carbonyl (C=O) groups excluding carboxylic acids is 2. The quantitative estimate of drug-likeness (QED) is 0.289. The topological polar surface area (TPSA) is 94.3 Å². The lowest BCUT2D eigenvalue weighted by Crippen LogP contribution is -2.27. The first-order chi connectivity index (χ1) is 17.2. The predicted molar refractivity (Wildman–Crippen MR) is 148 cm³/mol. The summed E-state index contributed by atoms with van der Waals surface area (Å²) in [6.07, 6.45) is 3.02. The number of amides is 1. The number of nitrogens with one attached hydrogen (secondary N) is 1. The molecule has 1 atom stereocenters. The molecule has 0 radical (unpaired) electrons. The number of methoxy groups -OCH3 is 1. The molecule has 1 aromatic carbocycles. The zero-order valence-corrected chi connectivity index (χ0v) is 22.4. The van der Waals surface area contributed by atoms with E-state index in [0.717, 1.165) is 46.3 Å². The largest absolute Gasteiger partial charge is 0.465 e. The van der Waals surface area contributed by atoms with Gasteiger partial charge < -0.3 is 15.8 Å². The maximum Gasteiger partial charge on any atom is 0.341 e. The molecule has 0 saturated carbocycles. The molecule has 3 N–H and O–H groups in total. The van der Waals surface area contributed by atoms with Gasteiger partial charge in [-0.15, -0.1) is 22.7 Å². The third-order valence-corrected chi connectivity index (χ3v) is 9.02. The average Bonchev–Trinajstić information content (AvgIpc) is 3.42. The molecule has 0 aliphatic heterocycles. The maximum absolute atomic E-state index is 13.4. The number of aryl methyl sites for hydroxylation is 1. The summed E-state index contributed by atoms with van der Waals surface area (Å²) in [4.78, 5) is 32.1. The van der Waals surface area contributed by atoms with Crippen LogP contribution in [0.1, 0.15) is 58.5 Å². The van der Waals surface area contributed by atoms with Gasteiger partial charge in [0, 0.05) is 22.0 Å². The van der Waals surface area contributed by atoms with Gasteiger partial charge in [0.25, 0.3) is 5.91 Å². The molecule has 36 heavy (non-hydrogen) atoms. The molecule has 0 fully saturated rings. The fourth-order valence-corrected chi connectivity index (χ4v) is 6.79. The number of benzene rings is 1. The van der Waals surface area contributed by atoms with Gasteiger partial charge in [-0.1, -0.05) is 51.1 Å². The Morgan fingerprint density at radius 2 is 1.94 bits per heavy atom. The van der Waals surface area contributed by atoms with Gasteiger partial charge in [-0.05, 0) is 47.8 Å². The van der Waals surface area contributed by atoms with Crippen LogP contribution in [0.4, 0.5) is 10.7 Å². The van der Waals surface area contributed by atoms with Crippen LogP contribution in [-0.2, 0) is 17.6 Å². The number of nitrogens with two attached hydrogens (primary N) is 1. The first-order valence-electron chi connectivity index (χ1n) is 11.9. The van der Waals surface area contributed by atoms with Crippen molar-refractivity contribution in [2.45, 2.75) is 40.0 Å². The average molecular weight is 520 g/mol. The second-order valence-corrected chi connectivity index (χ2v) is 12.1. The first kappa shape index (κ1) is 24.5. The third kappa shape index (κ3) is 4.40. The Kier molecular flexibility index (Phi) is 6.34. The fourth-order valence-electron chi connectivity index (χ4n) is 4.84. The number of carbonyl (C=O) groups is 2. The van der Waals surface area contributed by atoms with E-state index in [9.17, 15) is 9.59 Å². The van der Waals surface area contributed by atoms with Crippen molar-refractivity contribution in [1.82, 2.24) is 4.98 Å². The number of hydrogen-bond donors (Lipinski definition) is 2. The summed E-state index contributed by atoms with van der Waals surface area (Å²) in [5, 5.41) is 6.02. The highest BCUT2D eigenvalue weighted by Crippen LogP contribution is 2.41. The normalized spacial score (nSPS) is 15.5. The van der Waals surface area contributed by atoms with Crippen LogP contribution in [0.25, 0.3) is 21.3 Å². The summed E-state index contributed by atoms with van der Waals surface area (Å²) in [7, 11) is 1.34. The van der Waals surface area contributed by atoms with E-state index in [-0.39, 0.29) is 11.3 Å². The summed E-state index contributed by atoms with van der Waals surface area (Å²) >= 11 is 2.58. The van der Waals surface area contributed by atoms with Gasteiger partial charge in [-0.25, -0.2) is 9.78 Å². The molecule has 0 saturated heterocycles. The maximum atomic E-state index is 13.4. The molecule has 5 rings (SSSR count). The van der Waals surface area contributed by atoms with E-state index in [2.05, 4.69) is 32.2 Å². The smallest absolute Gasteiger partial charge is 0.341 e. The van der Waals surface area contributed by atoms with Gasteiger partial charge >= 0.3 is 5.97 Å². The minimum Gasteiger partial charge on any atom is -0.465 e. The number of fused-ring (bicyclic) bond motifs is 2. The van der Waals surface area contributed by atoms with Gasteiger partial charge in [0.15, 0.2) is 0 Å². The van der Waals surface area contributed by atoms with Crippen molar-refractivity contribution in [2.75, 3.05) is 18.2 Å². The van der Waals surface area contributed by atoms with Crippen molar-refractivity contribution >= 4 is 55.5 Å². The van der Waals surface area contributed by atoms with Gasteiger partial charge in [-0.3, -0.25) is 4.79 Å². The Hall–Kier alpha value is -3.23. The summed E-state index contributed by atoms with van der Waals surface area (Å²) in [5.74, 6) is -0.272. The Morgan fingerprint density at radius 1 is 1.19 bits per heavy atom. The van der Waals surface area contributed by atoms with Crippen LogP contribution < -0.4 is 11.1 Å². The van der Waals surface area contributed by atoms with E-state index in [4.69, 9.17) is 15.5 Å². The van der Waals surface area contributed by atoms with E-state index >= 15 is 0 Å². The number of anilines is 2. The highest BCUT2D eigenvalue weighted by atomic mass is 32.1.